The fourth-order valence-electron chi connectivity index (χ4n) is 2.84. The number of sulfonamides is 1. The Kier molecular flexibility index (Phi) is 4.26. The van der Waals surface area contributed by atoms with Gasteiger partial charge in [0, 0.05) is 25.2 Å². The van der Waals surface area contributed by atoms with Gasteiger partial charge >= 0.3 is 0 Å². The van der Waals surface area contributed by atoms with E-state index in [4.69, 9.17) is 0 Å². The lowest BCUT2D eigenvalue weighted by atomic mass is 9.85. The first kappa shape index (κ1) is 16.8. The van der Waals surface area contributed by atoms with E-state index in [1.807, 2.05) is 17.0 Å². The molecule has 0 radical (unpaired) electrons. The molecule has 0 aromatic heterocycles. The number of carbonyl (C=O) groups excluding carboxylic acids is 1. The zero-order valence-corrected chi connectivity index (χ0v) is 14.6. The van der Waals surface area contributed by atoms with Crippen molar-refractivity contribution in [1.82, 2.24) is 0 Å². The molecule has 1 aliphatic rings. The van der Waals surface area contributed by atoms with Gasteiger partial charge in [-0.15, -0.1) is 0 Å². The zero-order chi connectivity index (χ0) is 16.7. The third kappa shape index (κ3) is 3.27. The quantitative estimate of drug-likeness (QED) is 0.859. The maximum Gasteiger partial charge on any atom is 0.231 e. The van der Waals surface area contributed by atoms with Crippen molar-refractivity contribution in [2.75, 3.05) is 22.5 Å². The van der Waals surface area contributed by atoms with Crippen LogP contribution in [0.5, 0.6) is 0 Å². The average Bonchev–Trinajstić information content (AvgIpc) is 2.79. The molecule has 5 nitrogen and oxygen atoms in total. The van der Waals surface area contributed by atoms with Crippen molar-refractivity contribution < 1.29 is 13.2 Å². The molecular weight excluding hydrogens is 300 g/mol. The standard InChI is InChI=1S/C16H24N2O3S/c1-16(2,3)14-10-11-15(19)18(14)13-8-6-12(7-9-13)17(4)22(5,20)21/h6-9,14H,10-11H2,1-5H3. The summed E-state index contributed by atoms with van der Waals surface area (Å²) in [5.41, 5.74) is 1.42. The van der Waals surface area contributed by atoms with Crippen LogP contribution < -0.4 is 9.21 Å². The Morgan fingerprint density at radius 3 is 2.18 bits per heavy atom. The van der Waals surface area contributed by atoms with E-state index in [1.165, 1.54) is 17.6 Å². The summed E-state index contributed by atoms with van der Waals surface area (Å²) in [6, 6.07) is 7.28. The van der Waals surface area contributed by atoms with Gasteiger partial charge in [0.15, 0.2) is 0 Å². The largest absolute Gasteiger partial charge is 0.309 e. The summed E-state index contributed by atoms with van der Waals surface area (Å²) in [6.07, 6.45) is 2.58. The second-order valence-electron chi connectivity index (χ2n) is 6.93. The highest BCUT2D eigenvalue weighted by Gasteiger charge is 2.39. The molecule has 1 atom stereocenters. The van der Waals surface area contributed by atoms with Gasteiger partial charge in [0.05, 0.1) is 11.9 Å². The van der Waals surface area contributed by atoms with Crippen molar-refractivity contribution in [2.24, 2.45) is 5.41 Å². The lowest BCUT2D eigenvalue weighted by molar-refractivity contribution is -0.117. The maximum atomic E-state index is 12.2. The molecule has 0 saturated carbocycles. The predicted octanol–water partition coefficient (Wildman–Crippen LogP) is 2.62. The molecule has 1 aromatic carbocycles. The Balaban J connectivity index is 2.32. The van der Waals surface area contributed by atoms with Gasteiger partial charge < -0.3 is 4.90 Å². The first-order valence-electron chi connectivity index (χ1n) is 7.38. The number of hydrogen-bond donors (Lipinski definition) is 0. The fraction of sp³-hybridized carbons (Fsp3) is 0.562. The summed E-state index contributed by atoms with van der Waals surface area (Å²) in [5, 5.41) is 0. The minimum Gasteiger partial charge on any atom is -0.309 e. The lowest BCUT2D eigenvalue weighted by Crippen LogP contribution is -2.41. The average molecular weight is 324 g/mol. The molecule has 122 valence electrons. The second-order valence-corrected chi connectivity index (χ2v) is 8.94. The van der Waals surface area contributed by atoms with Crippen LogP contribution in [0.25, 0.3) is 0 Å². The molecule has 6 heteroatoms. The number of anilines is 2. The van der Waals surface area contributed by atoms with E-state index in [1.54, 1.807) is 12.1 Å². The van der Waals surface area contributed by atoms with Crippen molar-refractivity contribution in [3.63, 3.8) is 0 Å². The minimum atomic E-state index is -3.28. The third-order valence-corrected chi connectivity index (χ3v) is 5.41. The van der Waals surface area contributed by atoms with E-state index < -0.39 is 10.0 Å². The molecule has 1 aliphatic heterocycles. The molecule has 1 aromatic rings. The Morgan fingerprint density at radius 1 is 1.18 bits per heavy atom. The third-order valence-electron chi connectivity index (χ3n) is 4.20. The molecule has 22 heavy (non-hydrogen) atoms. The van der Waals surface area contributed by atoms with Crippen LogP contribution in [0.15, 0.2) is 24.3 Å². The van der Waals surface area contributed by atoms with Gasteiger partial charge in [-0.05, 0) is 36.1 Å². The number of rotatable bonds is 3. The van der Waals surface area contributed by atoms with Crippen molar-refractivity contribution in [1.29, 1.82) is 0 Å². The van der Waals surface area contributed by atoms with E-state index in [-0.39, 0.29) is 17.4 Å². The monoisotopic (exact) mass is 324 g/mol. The van der Waals surface area contributed by atoms with Gasteiger partial charge in [-0.1, -0.05) is 20.8 Å². The van der Waals surface area contributed by atoms with Crippen LogP contribution >= 0.6 is 0 Å². The lowest BCUT2D eigenvalue weighted by Gasteiger charge is -2.35. The molecule has 1 saturated heterocycles. The van der Waals surface area contributed by atoms with Gasteiger partial charge in [0.1, 0.15) is 0 Å². The van der Waals surface area contributed by atoms with Gasteiger partial charge in [-0.3, -0.25) is 9.10 Å². The SMILES string of the molecule is CN(c1ccc(N2C(=O)CCC2C(C)(C)C)cc1)S(C)(=O)=O. The molecule has 1 unspecified atom stereocenters. The molecule has 0 bridgehead atoms. The highest BCUT2D eigenvalue weighted by molar-refractivity contribution is 7.92. The van der Waals surface area contributed by atoms with Gasteiger partial charge in [0.25, 0.3) is 0 Å². The highest BCUT2D eigenvalue weighted by Crippen LogP contribution is 2.37. The predicted molar refractivity (Wildman–Crippen MR) is 89.7 cm³/mol. The van der Waals surface area contributed by atoms with Crippen LogP contribution in [-0.4, -0.2) is 33.7 Å². The van der Waals surface area contributed by atoms with Crippen LogP contribution in [0.4, 0.5) is 11.4 Å². The maximum absolute atomic E-state index is 12.2. The van der Waals surface area contributed by atoms with Crippen LogP contribution in [0.2, 0.25) is 0 Å². The van der Waals surface area contributed by atoms with Crippen molar-refractivity contribution in [3.8, 4) is 0 Å². The van der Waals surface area contributed by atoms with Crippen molar-refractivity contribution in [2.45, 2.75) is 39.7 Å². The van der Waals surface area contributed by atoms with Crippen LogP contribution in [0.3, 0.4) is 0 Å². The molecular formula is C16H24N2O3S. The number of amides is 1. The fourth-order valence-corrected chi connectivity index (χ4v) is 3.35. The van der Waals surface area contributed by atoms with Crippen molar-refractivity contribution in [3.05, 3.63) is 24.3 Å². The highest BCUT2D eigenvalue weighted by atomic mass is 32.2. The Labute approximate surface area is 133 Å². The number of nitrogens with zero attached hydrogens (tertiary/aromatic N) is 2. The van der Waals surface area contributed by atoms with Crippen molar-refractivity contribution >= 4 is 27.3 Å². The van der Waals surface area contributed by atoms with E-state index in [0.717, 1.165) is 12.1 Å². The number of carbonyl (C=O) groups is 1. The summed E-state index contributed by atoms with van der Waals surface area (Å²) in [6.45, 7) is 6.40. The topological polar surface area (TPSA) is 57.7 Å². The Morgan fingerprint density at radius 2 is 1.73 bits per heavy atom. The van der Waals surface area contributed by atoms with Gasteiger partial charge in [-0.2, -0.15) is 0 Å². The molecule has 1 amide bonds. The second kappa shape index (κ2) is 5.57. The van der Waals surface area contributed by atoms with Crippen LogP contribution in [0, 0.1) is 5.41 Å². The summed E-state index contributed by atoms with van der Waals surface area (Å²) < 4.78 is 24.4. The van der Waals surface area contributed by atoms with Crippen LogP contribution in [-0.2, 0) is 14.8 Å². The van der Waals surface area contributed by atoms with Gasteiger partial charge in [-0.25, -0.2) is 8.42 Å². The summed E-state index contributed by atoms with van der Waals surface area (Å²) in [7, 11) is -1.76. The number of benzene rings is 1. The van der Waals surface area contributed by atoms with E-state index >= 15 is 0 Å². The number of hydrogen-bond acceptors (Lipinski definition) is 3. The van der Waals surface area contributed by atoms with E-state index in [9.17, 15) is 13.2 Å². The first-order chi connectivity index (χ1) is 10.0. The molecule has 1 heterocycles. The van der Waals surface area contributed by atoms with Gasteiger partial charge in [0.2, 0.25) is 15.9 Å². The zero-order valence-electron chi connectivity index (χ0n) is 13.8. The molecule has 1 fully saturated rings. The summed E-state index contributed by atoms with van der Waals surface area (Å²) in [5.74, 6) is 0.129. The Hall–Kier alpha value is -1.56. The first-order valence-corrected chi connectivity index (χ1v) is 9.22. The molecule has 2 rings (SSSR count). The van der Waals surface area contributed by atoms with Crippen LogP contribution in [0.1, 0.15) is 33.6 Å². The normalized spacial score (nSPS) is 19.6. The minimum absolute atomic E-state index is 0.00831. The Bertz CT molecular complexity index is 660. The summed E-state index contributed by atoms with van der Waals surface area (Å²) in [4.78, 5) is 14.1. The smallest absolute Gasteiger partial charge is 0.231 e. The van der Waals surface area contributed by atoms with E-state index in [2.05, 4.69) is 20.8 Å². The summed E-state index contributed by atoms with van der Waals surface area (Å²) >= 11 is 0. The molecule has 0 spiro atoms. The molecule has 0 aliphatic carbocycles. The molecule has 0 N–H and O–H groups in total. The van der Waals surface area contributed by atoms with E-state index in [0.29, 0.717) is 12.1 Å².